The van der Waals surface area contributed by atoms with Gasteiger partial charge in [-0.25, -0.2) is 4.98 Å². The summed E-state index contributed by atoms with van der Waals surface area (Å²) >= 11 is 12.0. The lowest BCUT2D eigenvalue weighted by atomic mass is 10.3. The van der Waals surface area contributed by atoms with E-state index in [2.05, 4.69) is 4.98 Å². The first-order chi connectivity index (χ1) is 10.1. The minimum atomic E-state index is 0.0788. The second-order valence-electron chi connectivity index (χ2n) is 4.73. The second-order valence-corrected chi connectivity index (χ2v) is 5.51. The van der Waals surface area contributed by atoms with E-state index < -0.39 is 0 Å². The van der Waals surface area contributed by atoms with Crippen molar-refractivity contribution in [2.45, 2.75) is 26.8 Å². The van der Waals surface area contributed by atoms with Crippen molar-refractivity contribution < 1.29 is 4.79 Å². The lowest BCUT2D eigenvalue weighted by Gasteiger charge is -2.19. The van der Waals surface area contributed by atoms with Crippen molar-refractivity contribution in [3.05, 3.63) is 29.0 Å². The van der Waals surface area contributed by atoms with E-state index in [4.69, 9.17) is 23.2 Å². The van der Waals surface area contributed by atoms with Gasteiger partial charge < -0.3 is 9.47 Å². The molecule has 114 valence electrons. The van der Waals surface area contributed by atoms with Crippen molar-refractivity contribution in [2.75, 3.05) is 19.0 Å². The summed E-state index contributed by atoms with van der Waals surface area (Å²) < 4.78 is 1.92. The molecule has 1 heterocycles. The second kappa shape index (κ2) is 7.14. The average molecular weight is 328 g/mol. The fraction of sp³-hybridized carbons (Fsp3) is 0.467. The zero-order valence-electron chi connectivity index (χ0n) is 12.3. The number of likely N-dealkylation sites (N-methyl/N-ethyl adjacent to an activating group) is 1. The van der Waals surface area contributed by atoms with Gasteiger partial charge in [-0.05, 0) is 26.0 Å². The van der Waals surface area contributed by atoms with E-state index >= 15 is 0 Å². The van der Waals surface area contributed by atoms with Crippen molar-refractivity contribution in [3.63, 3.8) is 0 Å². The quantitative estimate of drug-likeness (QED) is 0.763. The lowest BCUT2D eigenvalue weighted by molar-refractivity contribution is -0.131. The fourth-order valence-electron chi connectivity index (χ4n) is 2.42. The third-order valence-electron chi connectivity index (χ3n) is 3.54. The Bertz CT molecular complexity index is 635. The first-order valence-corrected chi connectivity index (χ1v) is 8.00. The maximum absolute atomic E-state index is 12.4. The highest BCUT2D eigenvalue weighted by Gasteiger charge is 2.17. The van der Waals surface area contributed by atoms with Crippen LogP contribution in [0.25, 0.3) is 11.0 Å². The molecule has 0 aliphatic rings. The Hall–Kier alpha value is -1.26. The molecule has 0 spiro atoms. The Morgan fingerprint density at radius 3 is 2.67 bits per heavy atom. The van der Waals surface area contributed by atoms with Crippen molar-refractivity contribution in [2.24, 2.45) is 0 Å². The molecule has 21 heavy (non-hydrogen) atoms. The number of amides is 1. The van der Waals surface area contributed by atoms with E-state index in [1.54, 1.807) is 11.0 Å². The molecular weight excluding hydrogens is 309 g/mol. The number of alkyl halides is 1. The normalized spacial score (nSPS) is 11.0. The van der Waals surface area contributed by atoms with Crippen LogP contribution in [0.5, 0.6) is 0 Å². The Morgan fingerprint density at radius 1 is 1.33 bits per heavy atom. The Morgan fingerprint density at radius 2 is 2.05 bits per heavy atom. The maximum atomic E-state index is 12.4. The lowest BCUT2D eigenvalue weighted by Crippen LogP contribution is -2.33. The van der Waals surface area contributed by atoms with Gasteiger partial charge in [0.25, 0.3) is 0 Å². The van der Waals surface area contributed by atoms with Crippen LogP contribution in [0, 0.1) is 0 Å². The van der Waals surface area contributed by atoms with Crippen LogP contribution in [0.4, 0.5) is 0 Å². The molecule has 2 rings (SSSR count). The summed E-state index contributed by atoms with van der Waals surface area (Å²) in [5, 5.41) is 0.595. The van der Waals surface area contributed by atoms with E-state index in [1.807, 2.05) is 30.5 Å². The number of carbonyl (C=O) groups is 1. The molecular formula is C15H19Cl2N3O. The van der Waals surface area contributed by atoms with Gasteiger partial charge in [0.2, 0.25) is 5.91 Å². The summed E-state index contributed by atoms with van der Waals surface area (Å²) in [6.45, 7) is 5.62. The standard InChI is InChI=1S/C15H19Cl2N3O/c1-3-19(4-2)14(21)10-20-12-7-5-6-11(17)15(12)18-13(20)8-9-16/h5-7H,3-4,8-10H2,1-2H3. The summed E-state index contributed by atoms with van der Waals surface area (Å²) in [4.78, 5) is 18.7. The van der Waals surface area contributed by atoms with Crippen LogP contribution in [0.1, 0.15) is 19.7 Å². The summed E-state index contributed by atoms with van der Waals surface area (Å²) in [5.74, 6) is 1.34. The average Bonchev–Trinajstić information content (AvgIpc) is 2.81. The Kier molecular flexibility index (Phi) is 5.48. The molecule has 0 aliphatic heterocycles. The maximum Gasteiger partial charge on any atom is 0.242 e. The zero-order chi connectivity index (χ0) is 15.4. The van der Waals surface area contributed by atoms with Crippen molar-refractivity contribution >= 4 is 40.1 Å². The molecule has 0 N–H and O–H groups in total. The van der Waals surface area contributed by atoms with Gasteiger partial charge in [0.05, 0.1) is 10.5 Å². The monoisotopic (exact) mass is 327 g/mol. The molecule has 0 saturated heterocycles. The number of carbonyl (C=O) groups excluding carboxylic acids is 1. The van der Waals surface area contributed by atoms with Crippen molar-refractivity contribution in [1.82, 2.24) is 14.5 Å². The first kappa shape index (κ1) is 16.1. The van der Waals surface area contributed by atoms with E-state index in [-0.39, 0.29) is 12.5 Å². The van der Waals surface area contributed by atoms with Crippen molar-refractivity contribution in [1.29, 1.82) is 0 Å². The van der Waals surface area contributed by atoms with E-state index in [0.29, 0.717) is 30.4 Å². The smallest absolute Gasteiger partial charge is 0.242 e. The molecule has 0 saturated carbocycles. The minimum absolute atomic E-state index is 0.0788. The molecule has 2 aromatic rings. The number of hydrogen-bond donors (Lipinski definition) is 0. The Balaban J connectivity index is 2.43. The van der Waals surface area contributed by atoms with Crippen LogP contribution >= 0.6 is 23.2 Å². The summed E-state index contributed by atoms with van der Waals surface area (Å²) in [6.07, 6.45) is 0.609. The van der Waals surface area contributed by atoms with Crippen LogP contribution in [-0.4, -0.2) is 39.3 Å². The van der Waals surface area contributed by atoms with Gasteiger partial charge in [0, 0.05) is 25.4 Å². The summed E-state index contributed by atoms with van der Waals surface area (Å²) in [7, 11) is 0. The highest BCUT2D eigenvalue weighted by molar-refractivity contribution is 6.34. The van der Waals surface area contributed by atoms with Gasteiger partial charge in [-0.15, -0.1) is 11.6 Å². The van der Waals surface area contributed by atoms with E-state index in [1.165, 1.54) is 0 Å². The van der Waals surface area contributed by atoms with Crippen LogP contribution < -0.4 is 0 Å². The number of fused-ring (bicyclic) bond motifs is 1. The molecule has 1 aromatic heterocycles. The molecule has 0 radical (unpaired) electrons. The molecule has 0 bridgehead atoms. The van der Waals surface area contributed by atoms with Crippen LogP contribution in [0.3, 0.4) is 0 Å². The molecule has 0 fully saturated rings. The molecule has 1 aromatic carbocycles. The number of benzene rings is 1. The number of halogens is 2. The van der Waals surface area contributed by atoms with Crippen LogP contribution in [0.2, 0.25) is 5.02 Å². The van der Waals surface area contributed by atoms with Gasteiger partial charge in [-0.1, -0.05) is 17.7 Å². The Labute approximate surface area is 134 Å². The van der Waals surface area contributed by atoms with Gasteiger partial charge in [-0.2, -0.15) is 0 Å². The van der Waals surface area contributed by atoms with E-state index in [0.717, 1.165) is 16.9 Å². The highest BCUT2D eigenvalue weighted by atomic mass is 35.5. The summed E-state index contributed by atoms with van der Waals surface area (Å²) in [5.41, 5.74) is 1.61. The van der Waals surface area contributed by atoms with Gasteiger partial charge in [-0.3, -0.25) is 4.79 Å². The molecule has 4 nitrogen and oxygen atoms in total. The summed E-state index contributed by atoms with van der Waals surface area (Å²) in [6, 6.07) is 5.61. The molecule has 0 unspecified atom stereocenters. The third-order valence-corrected chi connectivity index (χ3v) is 4.03. The minimum Gasteiger partial charge on any atom is -0.342 e. The number of aryl methyl sites for hydroxylation is 1. The number of hydrogen-bond acceptors (Lipinski definition) is 2. The van der Waals surface area contributed by atoms with Gasteiger partial charge in [0.1, 0.15) is 17.9 Å². The SMILES string of the molecule is CCN(CC)C(=O)Cn1c(CCCl)nc2c(Cl)cccc21. The van der Waals surface area contributed by atoms with E-state index in [9.17, 15) is 4.79 Å². The number of para-hydroxylation sites is 1. The van der Waals surface area contributed by atoms with Crippen molar-refractivity contribution in [3.8, 4) is 0 Å². The third kappa shape index (κ3) is 3.33. The molecule has 0 aliphatic carbocycles. The van der Waals surface area contributed by atoms with Crippen LogP contribution in [-0.2, 0) is 17.8 Å². The number of rotatable bonds is 6. The molecule has 6 heteroatoms. The van der Waals surface area contributed by atoms with Crippen LogP contribution in [0.15, 0.2) is 18.2 Å². The predicted octanol–water partition coefficient (Wildman–Crippen LogP) is 3.34. The number of aromatic nitrogens is 2. The number of nitrogens with zero attached hydrogens (tertiary/aromatic N) is 3. The largest absolute Gasteiger partial charge is 0.342 e. The zero-order valence-corrected chi connectivity index (χ0v) is 13.8. The van der Waals surface area contributed by atoms with Gasteiger partial charge in [0.15, 0.2) is 0 Å². The topological polar surface area (TPSA) is 38.1 Å². The molecule has 1 amide bonds. The highest BCUT2D eigenvalue weighted by Crippen LogP contribution is 2.24. The predicted molar refractivity (Wildman–Crippen MR) is 87.1 cm³/mol. The van der Waals surface area contributed by atoms with Gasteiger partial charge >= 0.3 is 0 Å². The first-order valence-electron chi connectivity index (χ1n) is 7.09. The fourth-order valence-corrected chi connectivity index (χ4v) is 2.81. The molecule has 0 atom stereocenters. The number of imidazole rings is 1.